The summed E-state index contributed by atoms with van der Waals surface area (Å²) in [5.41, 5.74) is 4.00. The van der Waals surface area contributed by atoms with Crippen molar-refractivity contribution in [2.75, 3.05) is 19.7 Å². The van der Waals surface area contributed by atoms with Crippen LogP contribution in [0.3, 0.4) is 0 Å². The van der Waals surface area contributed by atoms with Crippen molar-refractivity contribution in [1.29, 1.82) is 0 Å². The van der Waals surface area contributed by atoms with Gasteiger partial charge in [0, 0.05) is 24.7 Å². The fraction of sp³-hybridized carbons (Fsp3) is 0.417. The van der Waals surface area contributed by atoms with Gasteiger partial charge in [0.1, 0.15) is 5.75 Å². The lowest BCUT2D eigenvalue weighted by Gasteiger charge is -2.32. The van der Waals surface area contributed by atoms with E-state index in [1.165, 1.54) is 0 Å². The van der Waals surface area contributed by atoms with Crippen LogP contribution in [0.25, 0.3) is 0 Å². The summed E-state index contributed by atoms with van der Waals surface area (Å²) in [5.74, 6) is 0.890. The highest BCUT2D eigenvalue weighted by Gasteiger charge is 2.24. The van der Waals surface area contributed by atoms with Gasteiger partial charge in [0.2, 0.25) is 5.91 Å². The number of hydrogen-bond acceptors (Lipinski definition) is 3. The number of carbonyl (C=O) groups excluding carboxylic acids is 2. The van der Waals surface area contributed by atoms with Crippen molar-refractivity contribution in [3.8, 4) is 5.75 Å². The molecule has 1 saturated heterocycles. The van der Waals surface area contributed by atoms with Crippen LogP contribution in [0.15, 0.2) is 42.5 Å². The Hall–Kier alpha value is -2.82. The monoisotopic (exact) mass is 394 g/mol. The maximum absolute atomic E-state index is 12.5. The van der Waals surface area contributed by atoms with E-state index in [4.69, 9.17) is 4.74 Å². The van der Waals surface area contributed by atoms with Gasteiger partial charge in [-0.1, -0.05) is 24.3 Å². The van der Waals surface area contributed by atoms with Crippen molar-refractivity contribution in [3.63, 3.8) is 0 Å². The van der Waals surface area contributed by atoms with Gasteiger partial charge in [-0.3, -0.25) is 9.59 Å². The smallest absolute Gasteiger partial charge is 0.251 e. The minimum atomic E-state index is -0.0327. The van der Waals surface area contributed by atoms with Crippen molar-refractivity contribution in [2.45, 2.75) is 46.1 Å². The van der Waals surface area contributed by atoms with Gasteiger partial charge in [-0.25, -0.2) is 0 Å². The zero-order chi connectivity index (χ0) is 20.8. The van der Waals surface area contributed by atoms with Crippen LogP contribution in [0, 0.1) is 20.8 Å². The molecule has 1 aliphatic rings. The van der Waals surface area contributed by atoms with Crippen molar-refractivity contribution >= 4 is 11.8 Å². The van der Waals surface area contributed by atoms with Crippen LogP contribution in [0.4, 0.5) is 0 Å². The summed E-state index contributed by atoms with van der Waals surface area (Å²) >= 11 is 0. The number of nitrogens with zero attached hydrogens (tertiary/aromatic N) is 1. The van der Waals surface area contributed by atoms with E-state index in [9.17, 15) is 9.59 Å². The molecule has 0 atom stereocenters. The van der Waals surface area contributed by atoms with E-state index in [1.54, 1.807) is 0 Å². The third-order valence-corrected chi connectivity index (χ3v) is 5.35. The van der Waals surface area contributed by atoms with Crippen LogP contribution in [-0.4, -0.2) is 42.5 Å². The highest BCUT2D eigenvalue weighted by Crippen LogP contribution is 2.17. The van der Waals surface area contributed by atoms with Crippen LogP contribution < -0.4 is 10.1 Å². The highest BCUT2D eigenvalue weighted by molar-refractivity contribution is 5.95. The van der Waals surface area contributed by atoms with E-state index < -0.39 is 0 Å². The van der Waals surface area contributed by atoms with E-state index in [0.29, 0.717) is 26.1 Å². The van der Waals surface area contributed by atoms with Gasteiger partial charge in [-0.15, -0.1) is 0 Å². The molecule has 5 heteroatoms. The van der Waals surface area contributed by atoms with Crippen LogP contribution in [-0.2, 0) is 4.79 Å². The zero-order valence-electron chi connectivity index (χ0n) is 17.5. The molecular formula is C24H30N2O3. The van der Waals surface area contributed by atoms with E-state index >= 15 is 0 Å². The molecule has 1 N–H and O–H groups in total. The first kappa shape index (κ1) is 20.9. The number of rotatable bonds is 6. The number of piperidine rings is 1. The van der Waals surface area contributed by atoms with E-state index in [-0.39, 0.29) is 17.9 Å². The molecule has 0 saturated carbocycles. The summed E-state index contributed by atoms with van der Waals surface area (Å²) in [7, 11) is 0. The third kappa shape index (κ3) is 5.83. The van der Waals surface area contributed by atoms with E-state index in [0.717, 1.165) is 40.8 Å². The van der Waals surface area contributed by atoms with Crippen molar-refractivity contribution in [2.24, 2.45) is 0 Å². The first-order valence-corrected chi connectivity index (χ1v) is 10.3. The number of likely N-dealkylation sites (tertiary alicyclic amines) is 1. The Morgan fingerprint density at radius 1 is 1.03 bits per heavy atom. The second kappa shape index (κ2) is 9.59. The van der Waals surface area contributed by atoms with Crippen molar-refractivity contribution < 1.29 is 14.3 Å². The normalized spacial score (nSPS) is 14.5. The van der Waals surface area contributed by atoms with Gasteiger partial charge < -0.3 is 15.0 Å². The topological polar surface area (TPSA) is 58.6 Å². The second-order valence-electron chi connectivity index (χ2n) is 7.87. The molecule has 0 aromatic heterocycles. The number of ether oxygens (including phenoxy) is 1. The van der Waals surface area contributed by atoms with E-state index in [2.05, 4.69) is 11.4 Å². The Labute approximate surface area is 173 Å². The number of aryl methyl sites for hydroxylation is 3. The Morgan fingerprint density at radius 2 is 1.69 bits per heavy atom. The number of benzene rings is 2. The van der Waals surface area contributed by atoms with Crippen molar-refractivity contribution in [1.82, 2.24) is 10.2 Å². The summed E-state index contributed by atoms with van der Waals surface area (Å²) in [4.78, 5) is 26.8. The fourth-order valence-corrected chi connectivity index (χ4v) is 3.79. The number of hydrogen-bond donors (Lipinski definition) is 1. The Morgan fingerprint density at radius 3 is 2.34 bits per heavy atom. The second-order valence-corrected chi connectivity index (χ2v) is 7.87. The quantitative estimate of drug-likeness (QED) is 0.811. The molecule has 5 nitrogen and oxygen atoms in total. The maximum Gasteiger partial charge on any atom is 0.251 e. The molecule has 2 amide bonds. The molecule has 1 fully saturated rings. The molecule has 1 aliphatic heterocycles. The predicted octanol–water partition coefficient (Wildman–Crippen LogP) is 3.80. The molecular weight excluding hydrogens is 364 g/mol. The van der Waals surface area contributed by atoms with Crippen molar-refractivity contribution in [3.05, 3.63) is 64.7 Å². The standard InChI is InChI=1S/C24H30N2O3/c1-17-14-18(2)16-21(15-17)29-13-10-23(27)26-11-8-20(9-12-26)25-24(28)22-7-5-4-6-19(22)3/h4-7,14-16,20H,8-13H2,1-3H3,(H,25,28). The summed E-state index contributed by atoms with van der Waals surface area (Å²) in [5, 5.41) is 3.11. The van der Waals surface area contributed by atoms with E-state index in [1.807, 2.05) is 62.1 Å². The summed E-state index contributed by atoms with van der Waals surface area (Å²) in [6, 6.07) is 13.8. The van der Waals surface area contributed by atoms with Crippen LogP contribution in [0.2, 0.25) is 0 Å². The summed E-state index contributed by atoms with van der Waals surface area (Å²) in [6.07, 6.45) is 1.93. The molecule has 2 aromatic rings. The molecule has 3 rings (SSSR count). The molecule has 154 valence electrons. The lowest BCUT2D eigenvalue weighted by atomic mass is 10.0. The molecule has 0 bridgehead atoms. The fourth-order valence-electron chi connectivity index (χ4n) is 3.79. The van der Waals surface area contributed by atoms with Crippen LogP contribution in [0.5, 0.6) is 5.75 Å². The molecule has 29 heavy (non-hydrogen) atoms. The maximum atomic E-state index is 12.5. The average molecular weight is 395 g/mol. The first-order valence-electron chi connectivity index (χ1n) is 10.3. The third-order valence-electron chi connectivity index (χ3n) is 5.35. The van der Waals surface area contributed by atoms with Gasteiger partial charge in [0.25, 0.3) is 5.91 Å². The highest BCUT2D eigenvalue weighted by atomic mass is 16.5. The minimum Gasteiger partial charge on any atom is -0.493 e. The van der Waals surface area contributed by atoms with Gasteiger partial charge in [-0.05, 0) is 68.5 Å². The van der Waals surface area contributed by atoms with Gasteiger partial charge in [0.15, 0.2) is 0 Å². The zero-order valence-corrected chi connectivity index (χ0v) is 17.5. The number of amides is 2. The van der Waals surface area contributed by atoms with Gasteiger partial charge in [0.05, 0.1) is 13.0 Å². The molecule has 0 spiro atoms. The average Bonchev–Trinajstić information content (AvgIpc) is 2.68. The molecule has 0 unspecified atom stereocenters. The first-order chi connectivity index (χ1) is 13.9. The lowest BCUT2D eigenvalue weighted by molar-refractivity contribution is -0.132. The van der Waals surface area contributed by atoms with Crippen LogP contribution in [0.1, 0.15) is 46.3 Å². The lowest BCUT2D eigenvalue weighted by Crippen LogP contribution is -2.46. The van der Waals surface area contributed by atoms with Crippen LogP contribution >= 0.6 is 0 Å². The van der Waals surface area contributed by atoms with Gasteiger partial charge >= 0.3 is 0 Å². The Bertz CT molecular complexity index is 850. The molecule has 0 aliphatic carbocycles. The molecule has 0 radical (unpaired) electrons. The Kier molecular flexibility index (Phi) is 6.91. The predicted molar refractivity (Wildman–Crippen MR) is 114 cm³/mol. The Balaban J connectivity index is 1.41. The SMILES string of the molecule is Cc1cc(C)cc(OCCC(=O)N2CCC(NC(=O)c3ccccc3C)CC2)c1. The molecule has 2 aromatic carbocycles. The minimum absolute atomic E-state index is 0.0327. The number of carbonyl (C=O) groups is 2. The summed E-state index contributed by atoms with van der Waals surface area (Å²) in [6.45, 7) is 7.73. The largest absolute Gasteiger partial charge is 0.493 e. The summed E-state index contributed by atoms with van der Waals surface area (Å²) < 4.78 is 5.76. The molecule has 1 heterocycles. The van der Waals surface area contributed by atoms with Gasteiger partial charge in [-0.2, -0.15) is 0 Å². The number of nitrogens with one attached hydrogen (secondary N) is 1.